The predicted molar refractivity (Wildman–Crippen MR) is 100 cm³/mol. The van der Waals surface area contributed by atoms with Crippen molar-refractivity contribution in [3.8, 4) is 0 Å². The van der Waals surface area contributed by atoms with E-state index >= 15 is 0 Å². The lowest BCUT2D eigenvalue weighted by Crippen LogP contribution is -2.34. The van der Waals surface area contributed by atoms with Crippen LogP contribution in [-0.4, -0.2) is 38.8 Å². The summed E-state index contributed by atoms with van der Waals surface area (Å²) >= 11 is 0. The molecule has 0 saturated carbocycles. The van der Waals surface area contributed by atoms with Gasteiger partial charge in [-0.3, -0.25) is 0 Å². The number of aromatic carboxylic acids is 1. The van der Waals surface area contributed by atoms with Crippen molar-refractivity contribution in [3.63, 3.8) is 0 Å². The summed E-state index contributed by atoms with van der Waals surface area (Å²) in [4.78, 5) is 18.2. The first-order valence-corrected chi connectivity index (χ1v) is 8.81. The maximum absolute atomic E-state index is 11.3. The molecule has 3 aromatic rings. The monoisotopic (exact) mass is 351 g/mol. The van der Waals surface area contributed by atoms with E-state index in [0.29, 0.717) is 23.2 Å². The Labute approximate surface area is 151 Å². The molecule has 2 aromatic heterocycles. The van der Waals surface area contributed by atoms with Crippen molar-refractivity contribution in [2.24, 2.45) is 5.92 Å². The van der Waals surface area contributed by atoms with Crippen molar-refractivity contribution in [1.82, 2.24) is 14.6 Å². The maximum atomic E-state index is 11.3. The Morgan fingerprint density at radius 2 is 2.12 bits per heavy atom. The summed E-state index contributed by atoms with van der Waals surface area (Å²) in [7, 11) is 0. The number of anilines is 3. The minimum atomic E-state index is -0.988. The van der Waals surface area contributed by atoms with Gasteiger partial charge < -0.3 is 15.3 Å². The van der Waals surface area contributed by atoms with Gasteiger partial charge in [0.25, 0.3) is 0 Å². The number of carbonyl (C=O) groups is 1. The van der Waals surface area contributed by atoms with Gasteiger partial charge in [-0.15, -0.1) is 5.10 Å². The number of nitrogens with one attached hydrogen (secondary N) is 1. The largest absolute Gasteiger partial charge is 0.478 e. The smallest absolute Gasteiger partial charge is 0.337 e. The first-order chi connectivity index (χ1) is 12.6. The second-order valence-electron chi connectivity index (χ2n) is 6.79. The molecule has 7 heteroatoms. The van der Waals surface area contributed by atoms with Crippen molar-refractivity contribution in [2.45, 2.75) is 19.8 Å². The summed E-state index contributed by atoms with van der Waals surface area (Å²) in [5.41, 5.74) is 2.51. The summed E-state index contributed by atoms with van der Waals surface area (Å²) < 4.78 is 1.74. The minimum Gasteiger partial charge on any atom is -0.478 e. The molecule has 3 heterocycles. The van der Waals surface area contributed by atoms with Gasteiger partial charge in [-0.25, -0.2) is 9.31 Å². The first-order valence-electron chi connectivity index (χ1n) is 8.81. The minimum absolute atomic E-state index is 0.189. The van der Waals surface area contributed by atoms with Crippen molar-refractivity contribution in [3.05, 3.63) is 48.2 Å². The molecule has 1 aliphatic heterocycles. The number of para-hydroxylation sites is 1. The highest BCUT2D eigenvalue weighted by atomic mass is 16.4. The number of rotatable bonds is 4. The normalized spacial score (nSPS) is 17.4. The molecule has 0 bridgehead atoms. The Balaban J connectivity index is 1.61. The molecule has 0 aliphatic carbocycles. The highest BCUT2D eigenvalue weighted by Crippen LogP contribution is 2.24. The number of hydrogen-bond acceptors (Lipinski definition) is 5. The second-order valence-corrected chi connectivity index (χ2v) is 6.79. The van der Waals surface area contributed by atoms with Crippen LogP contribution in [0.3, 0.4) is 0 Å². The number of piperidine rings is 1. The first kappa shape index (κ1) is 16.4. The average molecular weight is 351 g/mol. The maximum Gasteiger partial charge on any atom is 0.337 e. The third-order valence-corrected chi connectivity index (χ3v) is 4.74. The zero-order chi connectivity index (χ0) is 18.1. The third-order valence-electron chi connectivity index (χ3n) is 4.74. The number of benzene rings is 1. The van der Waals surface area contributed by atoms with Crippen LogP contribution in [0.1, 0.15) is 30.1 Å². The number of carboxylic acid groups (broad SMARTS) is 1. The number of aromatic nitrogens is 3. The van der Waals surface area contributed by atoms with Crippen LogP contribution < -0.4 is 10.2 Å². The average Bonchev–Trinajstić information content (AvgIpc) is 3.03. The topological polar surface area (TPSA) is 82.8 Å². The molecular weight excluding hydrogens is 330 g/mol. The highest BCUT2D eigenvalue weighted by Gasteiger charge is 2.17. The summed E-state index contributed by atoms with van der Waals surface area (Å²) in [5.74, 6) is 0.0844. The molecule has 0 radical (unpaired) electrons. The predicted octanol–water partition coefficient (Wildman–Crippen LogP) is 3.41. The molecule has 4 rings (SSSR count). The van der Waals surface area contributed by atoms with Crippen molar-refractivity contribution in [1.29, 1.82) is 0 Å². The fourth-order valence-electron chi connectivity index (χ4n) is 3.44. The SMILES string of the molecule is CC1CCCN(c2ccc3nc(Nc4ccccc4C(=O)O)nn3c2)C1. The molecule has 1 aliphatic rings. The highest BCUT2D eigenvalue weighted by molar-refractivity contribution is 5.94. The molecule has 1 atom stereocenters. The van der Waals surface area contributed by atoms with E-state index in [0.717, 1.165) is 18.8 Å². The van der Waals surface area contributed by atoms with E-state index < -0.39 is 5.97 Å². The Bertz CT molecular complexity index is 952. The Morgan fingerprint density at radius 1 is 1.27 bits per heavy atom. The van der Waals surface area contributed by atoms with Crippen LogP contribution in [0, 0.1) is 5.92 Å². The zero-order valence-corrected chi connectivity index (χ0v) is 14.6. The summed E-state index contributed by atoms with van der Waals surface area (Å²) in [5, 5.41) is 16.8. The van der Waals surface area contributed by atoms with Crippen LogP contribution in [0.4, 0.5) is 17.3 Å². The van der Waals surface area contributed by atoms with E-state index in [2.05, 4.69) is 33.3 Å². The quantitative estimate of drug-likeness (QED) is 0.749. The molecular formula is C19H21N5O2. The van der Waals surface area contributed by atoms with Gasteiger partial charge in [0.15, 0.2) is 5.65 Å². The number of fused-ring (bicyclic) bond motifs is 1. The molecule has 1 unspecified atom stereocenters. The molecule has 134 valence electrons. The lowest BCUT2D eigenvalue weighted by Gasteiger charge is -2.32. The van der Waals surface area contributed by atoms with Gasteiger partial charge in [0.2, 0.25) is 5.95 Å². The standard InChI is InChI=1S/C19H21N5O2/c1-13-5-4-10-23(11-13)14-8-9-17-21-19(22-24(17)12-14)20-16-7-3-2-6-15(16)18(25)26/h2-3,6-9,12-13H,4-5,10-11H2,1H3,(H,20,22)(H,25,26). The van der Waals surface area contributed by atoms with Gasteiger partial charge in [-0.2, -0.15) is 4.98 Å². The van der Waals surface area contributed by atoms with Gasteiger partial charge in [0.05, 0.1) is 23.1 Å². The van der Waals surface area contributed by atoms with Crippen LogP contribution in [0.25, 0.3) is 5.65 Å². The second kappa shape index (κ2) is 6.67. The zero-order valence-electron chi connectivity index (χ0n) is 14.6. The fourth-order valence-corrected chi connectivity index (χ4v) is 3.44. The molecule has 0 spiro atoms. The molecule has 0 amide bonds. The number of hydrogen-bond donors (Lipinski definition) is 2. The van der Waals surface area contributed by atoms with Gasteiger partial charge in [-0.1, -0.05) is 19.1 Å². The van der Waals surface area contributed by atoms with Crippen LogP contribution >= 0.6 is 0 Å². The van der Waals surface area contributed by atoms with E-state index in [1.54, 1.807) is 28.8 Å². The van der Waals surface area contributed by atoms with Crippen molar-refractivity contribution in [2.75, 3.05) is 23.3 Å². The lowest BCUT2D eigenvalue weighted by atomic mass is 10.00. The van der Waals surface area contributed by atoms with E-state index in [1.165, 1.54) is 12.8 Å². The van der Waals surface area contributed by atoms with E-state index in [9.17, 15) is 9.90 Å². The lowest BCUT2D eigenvalue weighted by molar-refractivity contribution is 0.0698. The van der Waals surface area contributed by atoms with Crippen LogP contribution in [-0.2, 0) is 0 Å². The Morgan fingerprint density at radius 3 is 2.92 bits per heavy atom. The van der Waals surface area contributed by atoms with E-state index in [-0.39, 0.29) is 5.56 Å². The molecule has 2 N–H and O–H groups in total. The molecule has 1 aromatic carbocycles. The third kappa shape index (κ3) is 3.20. The van der Waals surface area contributed by atoms with Gasteiger partial charge in [0, 0.05) is 13.1 Å². The number of carboxylic acids is 1. The van der Waals surface area contributed by atoms with Crippen LogP contribution in [0.5, 0.6) is 0 Å². The molecule has 1 saturated heterocycles. The fraction of sp³-hybridized carbons (Fsp3) is 0.316. The Kier molecular flexibility index (Phi) is 4.20. The molecule has 1 fully saturated rings. The van der Waals surface area contributed by atoms with Crippen LogP contribution in [0.15, 0.2) is 42.6 Å². The van der Waals surface area contributed by atoms with Crippen molar-refractivity contribution < 1.29 is 9.90 Å². The molecule has 26 heavy (non-hydrogen) atoms. The summed E-state index contributed by atoms with van der Waals surface area (Å²) in [6.07, 6.45) is 4.46. The van der Waals surface area contributed by atoms with E-state index in [4.69, 9.17) is 0 Å². The van der Waals surface area contributed by atoms with Gasteiger partial charge >= 0.3 is 5.97 Å². The number of nitrogens with zero attached hydrogens (tertiary/aromatic N) is 4. The van der Waals surface area contributed by atoms with Crippen LogP contribution in [0.2, 0.25) is 0 Å². The number of pyridine rings is 1. The Hall–Kier alpha value is -3.09. The summed E-state index contributed by atoms with van der Waals surface area (Å²) in [6, 6.07) is 10.7. The van der Waals surface area contributed by atoms with Gasteiger partial charge in [-0.05, 0) is 43.0 Å². The molecule has 7 nitrogen and oxygen atoms in total. The van der Waals surface area contributed by atoms with Gasteiger partial charge in [0.1, 0.15) is 0 Å². The van der Waals surface area contributed by atoms with Crippen molar-refractivity contribution >= 4 is 28.9 Å². The van der Waals surface area contributed by atoms with E-state index in [1.807, 2.05) is 12.3 Å². The summed E-state index contributed by atoms with van der Waals surface area (Å²) in [6.45, 7) is 4.39.